The average molecular weight is 305 g/mol. The second-order valence-electron chi connectivity index (χ2n) is 5.15. The Labute approximate surface area is 126 Å². The summed E-state index contributed by atoms with van der Waals surface area (Å²) < 4.78 is 1.86. The van der Waals surface area contributed by atoms with E-state index in [2.05, 4.69) is 0 Å². The lowest BCUT2D eigenvalue weighted by Crippen LogP contribution is -2.13. The van der Waals surface area contributed by atoms with Crippen molar-refractivity contribution in [2.75, 3.05) is 0 Å². The van der Waals surface area contributed by atoms with E-state index in [1.54, 1.807) is 0 Å². The number of nitro groups is 1. The topological polar surface area (TPSA) is 65.1 Å². The van der Waals surface area contributed by atoms with Crippen molar-refractivity contribution in [3.8, 4) is 5.69 Å². The first-order valence-corrected chi connectivity index (χ1v) is 7.05. The fourth-order valence-corrected chi connectivity index (χ4v) is 3.05. The van der Waals surface area contributed by atoms with Crippen molar-refractivity contribution in [2.45, 2.75) is 26.2 Å². The van der Waals surface area contributed by atoms with E-state index in [4.69, 9.17) is 11.6 Å². The Balaban J connectivity index is 2.24. The van der Waals surface area contributed by atoms with Crippen LogP contribution < -0.4 is 0 Å². The summed E-state index contributed by atoms with van der Waals surface area (Å²) in [6.45, 7) is 1.88. The number of halogens is 1. The molecular formula is C15H13ClN2O3. The van der Waals surface area contributed by atoms with E-state index in [-0.39, 0.29) is 11.5 Å². The number of ketones is 1. The number of non-ortho nitro benzene ring substituents is 1. The molecule has 0 fully saturated rings. The largest absolute Gasteiger partial charge is 0.316 e. The number of Topliss-reactive ketones (excluding diaryl/α,β-unsaturated/α-hetero) is 1. The molecule has 0 spiro atoms. The van der Waals surface area contributed by atoms with E-state index in [0.29, 0.717) is 22.7 Å². The molecule has 0 atom stereocenters. The Bertz CT molecular complexity index is 765. The molecular weight excluding hydrogens is 292 g/mol. The predicted molar refractivity (Wildman–Crippen MR) is 79.4 cm³/mol. The minimum absolute atomic E-state index is 0.0154. The van der Waals surface area contributed by atoms with Crippen molar-refractivity contribution in [2.24, 2.45) is 0 Å². The highest BCUT2D eigenvalue weighted by molar-refractivity contribution is 6.32. The minimum Gasteiger partial charge on any atom is -0.316 e. The zero-order valence-corrected chi connectivity index (χ0v) is 12.2. The summed E-state index contributed by atoms with van der Waals surface area (Å²) in [6, 6.07) is 6.19. The fraction of sp³-hybridized carbons (Fsp3) is 0.267. The van der Waals surface area contributed by atoms with Crippen LogP contribution in [0.2, 0.25) is 5.02 Å². The molecule has 1 aromatic heterocycles. The number of benzene rings is 1. The van der Waals surface area contributed by atoms with E-state index in [1.165, 1.54) is 18.2 Å². The molecule has 3 rings (SSSR count). The Morgan fingerprint density at radius 1 is 1.29 bits per heavy atom. The molecule has 1 heterocycles. The Morgan fingerprint density at radius 3 is 2.76 bits per heavy atom. The van der Waals surface area contributed by atoms with Gasteiger partial charge in [0.05, 0.1) is 15.6 Å². The number of nitrogens with zero attached hydrogens (tertiary/aromatic N) is 2. The molecule has 0 bridgehead atoms. The van der Waals surface area contributed by atoms with Crippen molar-refractivity contribution in [3.63, 3.8) is 0 Å². The Kier molecular flexibility index (Phi) is 3.29. The standard InChI is InChI=1S/C15H13ClN2O3/c1-9-7-11-13(3-2-4-15(11)19)17(9)14-8-10(18(20)21)5-6-12(14)16/h5-8H,2-4H2,1H3. The molecule has 0 aliphatic heterocycles. The van der Waals surface area contributed by atoms with Gasteiger partial charge in [-0.15, -0.1) is 0 Å². The summed E-state index contributed by atoms with van der Waals surface area (Å²) in [4.78, 5) is 22.5. The van der Waals surface area contributed by atoms with E-state index < -0.39 is 4.92 Å². The van der Waals surface area contributed by atoms with Gasteiger partial charge in [-0.05, 0) is 31.9 Å². The van der Waals surface area contributed by atoms with E-state index >= 15 is 0 Å². The van der Waals surface area contributed by atoms with Gasteiger partial charge in [-0.3, -0.25) is 14.9 Å². The smallest absolute Gasteiger partial charge is 0.271 e. The molecule has 1 aromatic carbocycles. The van der Waals surface area contributed by atoms with Crippen molar-refractivity contribution in [3.05, 3.63) is 56.4 Å². The first-order valence-electron chi connectivity index (χ1n) is 6.68. The van der Waals surface area contributed by atoms with Gasteiger partial charge < -0.3 is 4.57 Å². The third-order valence-corrected chi connectivity index (χ3v) is 4.11. The molecule has 0 saturated heterocycles. The van der Waals surface area contributed by atoms with Gasteiger partial charge in [0, 0.05) is 35.5 Å². The molecule has 21 heavy (non-hydrogen) atoms. The van der Waals surface area contributed by atoms with Crippen LogP contribution in [-0.4, -0.2) is 15.3 Å². The fourth-order valence-electron chi connectivity index (χ4n) is 2.85. The zero-order valence-electron chi connectivity index (χ0n) is 11.4. The van der Waals surface area contributed by atoms with Gasteiger partial charge in [0.1, 0.15) is 0 Å². The molecule has 0 amide bonds. The Hall–Kier alpha value is -2.14. The highest BCUT2D eigenvalue weighted by atomic mass is 35.5. The summed E-state index contributed by atoms with van der Waals surface area (Å²) in [7, 11) is 0. The number of aromatic nitrogens is 1. The zero-order chi connectivity index (χ0) is 15.1. The number of aryl methyl sites for hydroxylation is 1. The number of carbonyl (C=O) groups is 1. The first-order chi connectivity index (χ1) is 9.99. The van der Waals surface area contributed by atoms with Gasteiger partial charge in [0.25, 0.3) is 5.69 Å². The molecule has 108 valence electrons. The highest BCUT2D eigenvalue weighted by Gasteiger charge is 2.24. The number of fused-ring (bicyclic) bond motifs is 1. The van der Waals surface area contributed by atoms with Gasteiger partial charge in [-0.2, -0.15) is 0 Å². The van der Waals surface area contributed by atoms with E-state index in [1.807, 2.05) is 17.6 Å². The van der Waals surface area contributed by atoms with Crippen molar-refractivity contribution >= 4 is 23.1 Å². The Morgan fingerprint density at radius 2 is 2.05 bits per heavy atom. The van der Waals surface area contributed by atoms with Crippen molar-refractivity contribution in [1.29, 1.82) is 0 Å². The lowest BCUT2D eigenvalue weighted by molar-refractivity contribution is -0.384. The van der Waals surface area contributed by atoms with Crippen LogP contribution in [-0.2, 0) is 6.42 Å². The maximum atomic E-state index is 12.0. The summed E-state index contributed by atoms with van der Waals surface area (Å²) in [6.07, 6.45) is 2.12. The maximum absolute atomic E-state index is 12.0. The third-order valence-electron chi connectivity index (χ3n) is 3.79. The monoisotopic (exact) mass is 304 g/mol. The summed E-state index contributed by atoms with van der Waals surface area (Å²) in [5.41, 5.74) is 3.00. The summed E-state index contributed by atoms with van der Waals surface area (Å²) in [5.74, 6) is 0.125. The van der Waals surface area contributed by atoms with Gasteiger partial charge >= 0.3 is 0 Å². The normalized spacial score (nSPS) is 14.1. The molecule has 0 N–H and O–H groups in total. The van der Waals surface area contributed by atoms with Crippen LogP contribution in [0.5, 0.6) is 0 Å². The quantitative estimate of drug-likeness (QED) is 0.625. The van der Waals surface area contributed by atoms with E-state index in [0.717, 1.165) is 24.2 Å². The van der Waals surface area contributed by atoms with Crippen LogP contribution in [0.1, 0.15) is 34.6 Å². The van der Waals surface area contributed by atoms with Gasteiger partial charge in [0.15, 0.2) is 5.78 Å². The van der Waals surface area contributed by atoms with Crippen LogP contribution in [0, 0.1) is 17.0 Å². The van der Waals surface area contributed by atoms with Gasteiger partial charge in [-0.1, -0.05) is 11.6 Å². The second-order valence-corrected chi connectivity index (χ2v) is 5.56. The highest BCUT2D eigenvalue weighted by Crippen LogP contribution is 2.32. The molecule has 0 unspecified atom stereocenters. The molecule has 0 radical (unpaired) electrons. The molecule has 6 heteroatoms. The van der Waals surface area contributed by atoms with Crippen LogP contribution in [0.15, 0.2) is 24.3 Å². The predicted octanol–water partition coefficient (Wildman–Crippen LogP) is 3.87. The number of nitro benzene ring substituents is 1. The minimum atomic E-state index is -0.448. The maximum Gasteiger partial charge on any atom is 0.271 e. The number of carbonyl (C=O) groups excluding carboxylic acids is 1. The summed E-state index contributed by atoms with van der Waals surface area (Å²) >= 11 is 6.21. The molecule has 0 saturated carbocycles. The van der Waals surface area contributed by atoms with Crippen LogP contribution >= 0.6 is 11.6 Å². The molecule has 2 aromatic rings. The lowest BCUT2D eigenvalue weighted by atomic mass is 9.96. The first kappa shape index (κ1) is 13.8. The molecule has 5 nitrogen and oxygen atoms in total. The van der Waals surface area contributed by atoms with E-state index in [9.17, 15) is 14.9 Å². The number of hydrogen-bond acceptors (Lipinski definition) is 3. The lowest BCUT2D eigenvalue weighted by Gasteiger charge is -2.17. The number of hydrogen-bond donors (Lipinski definition) is 0. The van der Waals surface area contributed by atoms with Gasteiger partial charge in [0.2, 0.25) is 0 Å². The van der Waals surface area contributed by atoms with Crippen LogP contribution in [0.4, 0.5) is 5.69 Å². The molecule has 1 aliphatic rings. The van der Waals surface area contributed by atoms with Crippen molar-refractivity contribution in [1.82, 2.24) is 4.57 Å². The van der Waals surface area contributed by atoms with Crippen molar-refractivity contribution < 1.29 is 9.72 Å². The average Bonchev–Trinajstić information content (AvgIpc) is 2.77. The van der Waals surface area contributed by atoms with Crippen LogP contribution in [0.3, 0.4) is 0 Å². The summed E-state index contributed by atoms with van der Waals surface area (Å²) in [5, 5.41) is 11.4. The number of rotatable bonds is 2. The second kappa shape index (κ2) is 5.00. The SMILES string of the molecule is Cc1cc2c(n1-c1cc([N+](=O)[O-])ccc1Cl)CCCC2=O. The third kappa shape index (κ3) is 2.23. The molecule has 1 aliphatic carbocycles. The van der Waals surface area contributed by atoms with Crippen LogP contribution in [0.25, 0.3) is 5.69 Å². The van der Waals surface area contributed by atoms with Gasteiger partial charge in [-0.25, -0.2) is 0 Å².